The van der Waals surface area contributed by atoms with Crippen LogP contribution in [-0.2, 0) is 6.42 Å². The van der Waals surface area contributed by atoms with Crippen molar-refractivity contribution < 1.29 is 0 Å². The quantitative estimate of drug-likeness (QED) is 0.831. The van der Waals surface area contributed by atoms with Crippen molar-refractivity contribution in [2.45, 2.75) is 33.1 Å². The van der Waals surface area contributed by atoms with Crippen molar-refractivity contribution in [3.05, 3.63) is 16.1 Å². The van der Waals surface area contributed by atoms with E-state index in [1.165, 1.54) is 36.5 Å². The summed E-state index contributed by atoms with van der Waals surface area (Å²) in [5, 5.41) is 6.88. The molecule has 0 bridgehead atoms. The summed E-state index contributed by atoms with van der Waals surface area (Å²) in [5.74, 6) is 1.78. The van der Waals surface area contributed by atoms with Gasteiger partial charge in [0.05, 0.1) is 10.7 Å². The number of hydrogen-bond acceptors (Lipinski definition) is 3. The van der Waals surface area contributed by atoms with E-state index in [9.17, 15) is 0 Å². The van der Waals surface area contributed by atoms with Gasteiger partial charge < -0.3 is 5.32 Å². The highest BCUT2D eigenvalue weighted by Gasteiger charge is 2.30. The lowest BCUT2D eigenvalue weighted by Crippen LogP contribution is -2.36. The van der Waals surface area contributed by atoms with Crippen LogP contribution in [0.25, 0.3) is 0 Å². The number of aromatic nitrogens is 1. The van der Waals surface area contributed by atoms with Crippen LogP contribution in [-0.4, -0.2) is 18.1 Å². The highest BCUT2D eigenvalue weighted by Crippen LogP contribution is 2.36. The lowest BCUT2D eigenvalue weighted by atomic mass is 9.71. The van der Waals surface area contributed by atoms with E-state index >= 15 is 0 Å². The van der Waals surface area contributed by atoms with Crippen molar-refractivity contribution in [2.24, 2.45) is 11.8 Å². The fraction of sp³-hybridized carbons (Fsp3) is 0.750. The monoisotopic (exact) mass is 224 g/mol. The molecule has 0 aliphatic heterocycles. The number of rotatable bonds is 5. The topological polar surface area (TPSA) is 24.9 Å². The number of nitrogens with zero attached hydrogens (tertiary/aromatic N) is 1. The normalized spacial score (nSPS) is 25.2. The fourth-order valence-electron chi connectivity index (χ4n) is 2.28. The molecule has 3 heteroatoms. The molecule has 1 aromatic heterocycles. The molecule has 84 valence electrons. The van der Waals surface area contributed by atoms with Crippen molar-refractivity contribution in [1.82, 2.24) is 10.3 Å². The van der Waals surface area contributed by atoms with Gasteiger partial charge in [-0.3, -0.25) is 0 Å². The molecule has 0 aromatic carbocycles. The summed E-state index contributed by atoms with van der Waals surface area (Å²) in [5.41, 5.74) is 1.31. The summed E-state index contributed by atoms with van der Waals surface area (Å²) < 4.78 is 0. The Hall–Kier alpha value is -0.410. The predicted molar refractivity (Wildman–Crippen MR) is 65.3 cm³/mol. The molecule has 1 saturated carbocycles. The van der Waals surface area contributed by atoms with E-state index in [0.29, 0.717) is 0 Å². The van der Waals surface area contributed by atoms with E-state index in [0.717, 1.165) is 18.4 Å². The summed E-state index contributed by atoms with van der Waals surface area (Å²) in [6, 6.07) is 0. The minimum atomic E-state index is 0.880. The Morgan fingerprint density at radius 1 is 1.47 bits per heavy atom. The Morgan fingerprint density at radius 2 is 2.27 bits per heavy atom. The first-order chi connectivity index (χ1) is 7.29. The zero-order valence-corrected chi connectivity index (χ0v) is 10.4. The number of aryl methyl sites for hydroxylation is 1. The molecule has 2 nitrogen and oxygen atoms in total. The van der Waals surface area contributed by atoms with Gasteiger partial charge in [-0.05, 0) is 51.1 Å². The smallest absolute Gasteiger partial charge is 0.0897 e. The maximum Gasteiger partial charge on any atom is 0.0897 e. The van der Waals surface area contributed by atoms with Gasteiger partial charge in [-0.2, -0.15) is 0 Å². The van der Waals surface area contributed by atoms with E-state index in [4.69, 9.17) is 0 Å². The molecule has 0 spiro atoms. The van der Waals surface area contributed by atoms with Crippen LogP contribution in [0, 0.1) is 18.8 Å². The van der Waals surface area contributed by atoms with Gasteiger partial charge in [0, 0.05) is 5.38 Å². The highest BCUT2D eigenvalue weighted by atomic mass is 32.1. The number of nitrogens with one attached hydrogen (secondary N) is 1. The van der Waals surface area contributed by atoms with Crippen molar-refractivity contribution in [2.75, 3.05) is 13.1 Å². The van der Waals surface area contributed by atoms with Crippen LogP contribution in [0.4, 0.5) is 0 Å². The Bertz CT molecular complexity index is 308. The predicted octanol–water partition coefficient (Wildman–Crippen LogP) is 2.63. The fourth-order valence-corrected chi connectivity index (χ4v) is 2.90. The molecule has 0 saturated heterocycles. The minimum Gasteiger partial charge on any atom is -0.317 e. The maximum absolute atomic E-state index is 4.55. The second-order valence-corrected chi connectivity index (χ2v) is 5.53. The van der Waals surface area contributed by atoms with Gasteiger partial charge in [0.25, 0.3) is 0 Å². The Balaban J connectivity index is 1.80. The van der Waals surface area contributed by atoms with Crippen molar-refractivity contribution in [1.29, 1.82) is 0 Å². The molecule has 2 atom stereocenters. The van der Waals surface area contributed by atoms with Crippen molar-refractivity contribution in [3.63, 3.8) is 0 Å². The first kappa shape index (κ1) is 11.1. The first-order valence-electron chi connectivity index (χ1n) is 5.91. The molecule has 1 heterocycles. The average Bonchev–Trinajstić information content (AvgIpc) is 2.60. The first-order valence-corrected chi connectivity index (χ1v) is 6.79. The third-order valence-corrected chi connectivity index (χ3v) is 4.19. The highest BCUT2D eigenvalue weighted by molar-refractivity contribution is 7.09. The molecule has 15 heavy (non-hydrogen) atoms. The van der Waals surface area contributed by atoms with Crippen LogP contribution >= 0.6 is 11.3 Å². The number of hydrogen-bond donors (Lipinski definition) is 1. The van der Waals surface area contributed by atoms with E-state index in [1.807, 2.05) is 0 Å². The molecule has 1 N–H and O–H groups in total. The SMILES string of the molecule is CCNCC1CCC1Cc1csc(C)n1. The lowest BCUT2D eigenvalue weighted by Gasteiger charge is -2.36. The number of thiazole rings is 1. The van der Waals surface area contributed by atoms with E-state index in [1.54, 1.807) is 11.3 Å². The molecule has 1 aliphatic carbocycles. The third kappa shape index (κ3) is 2.79. The molecular weight excluding hydrogens is 204 g/mol. The van der Waals surface area contributed by atoms with Crippen molar-refractivity contribution in [3.8, 4) is 0 Å². The van der Waals surface area contributed by atoms with Crippen LogP contribution in [0.2, 0.25) is 0 Å². The molecule has 1 fully saturated rings. The van der Waals surface area contributed by atoms with Gasteiger partial charge in [0.15, 0.2) is 0 Å². The Kier molecular flexibility index (Phi) is 3.76. The van der Waals surface area contributed by atoms with Gasteiger partial charge in [0.1, 0.15) is 0 Å². The van der Waals surface area contributed by atoms with Crippen LogP contribution in [0.3, 0.4) is 0 Å². The molecular formula is C12H20N2S. The van der Waals surface area contributed by atoms with Crippen LogP contribution in [0.5, 0.6) is 0 Å². The largest absolute Gasteiger partial charge is 0.317 e. The summed E-state index contributed by atoms with van der Waals surface area (Å²) in [7, 11) is 0. The minimum absolute atomic E-state index is 0.880. The Morgan fingerprint density at radius 3 is 2.80 bits per heavy atom. The second kappa shape index (κ2) is 5.08. The summed E-state index contributed by atoms with van der Waals surface area (Å²) in [4.78, 5) is 4.55. The van der Waals surface area contributed by atoms with E-state index < -0.39 is 0 Å². The van der Waals surface area contributed by atoms with Crippen LogP contribution in [0.1, 0.15) is 30.5 Å². The summed E-state index contributed by atoms with van der Waals surface area (Å²) in [6.45, 7) is 6.56. The zero-order valence-electron chi connectivity index (χ0n) is 9.62. The van der Waals surface area contributed by atoms with E-state index in [-0.39, 0.29) is 0 Å². The van der Waals surface area contributed by atoms with Crippen molar-refractivity contribution >= 4 is 11.3 Å². The van der Waals surface area contributed by atoms with Gasteiger partial charge >= 0.3 is 0 Å². The van der Waals surface area contributed by atoms with Gasteiger partial charge in [-0.15, -0.1) is 11.3 Å². The maximum atomic E-state index is 4.55. The zero-order chi connectivity index (χ0) is 10.7. The summed E-state index contributed by atoms with van der Waals surface area (Å²) in [6.07, 6.45) is 3.99. The average molecular weight is 224 g/mol. The van der Waals surface area contributed by atoms with Gasteiger partial charge in [0.2, 0.25) is 0 Å². The molecule has 0 radical (unpaired) electrons. The molecule has 1 aromatic rings. The Labute approximate surface area is 96.1 Å². The lowest BCUT2D eigenvalue weighted by molar-refractivity contribution is 0.171. The molecule has 2 rings (SSSR count). The molecule has 1 aliphatic rings. The van der Waals surface area contributed by atoms with Gasteiger partial charge in [-0.25, -0.2) is 4.98 Å². The molecule has 2 unspecified atom stereocenters. The standard InChI is InChI=1S/C12H20N2S/c1-3-13-7-11-5-4-10(11)6-12-8-15-9(2)14-12/h8,10-11,13H,3-7H2,1-2H3. The molecule has 0 amide bonds. The van der Waals surface area contributed by atoms with E-state index in [2.05, 4.69) is 29.5 Å². The third-order valence-electron chi connectivity index (χ3n) is 3.37. The van der Waals surface area contributed by atoms with Gasteiger partial charge in [-0.1, -0.05) is 6.92 Å². The van der Waals surface area contributed by atoms with Crippen LogP contribution in [0.15, 0.2) is 5.38 Å². The second-order valence-electron chi connectivity index (χ2n) is 4.47. The van der Waals surface area contributed by atoms with Crippen LogP contribution < -0.4 is 5.32 Å². The summed E-state index contributed by atoms with van der Waals surface area (Å²) >= 11 is 1.77.